The first kappa shape index (κ1) is 19.8. The molecule has 0 radical (unpaired) electrons. The summed E-state index contributed by atoms with van der Waals surface area (Å²) in [4.78, 5) is 26.7. The number of rotatable bonds is 7. The van der Waals surface area contributed by atoms with Gasteiger partial charge in [0.05, 0.1) is 10.6 Å². The van der Waals surface area contributed by atoms with Crippen LogP contribution in [0.1, 0.15) is 0 Å². The highest BCUT2D eigenvalue weighted by atomic mass is 35.5. The maximum Gasteiger partial charge on any atom is 0.321 e. The number of hydrogen-bond acceptors (Lipinski definition) is 6. The molecule has 0 atom stereocenters. The van der Waals surface area contributed by atoms with Crippen LogP contribution >= 0.6 is 11.6 Å². The Bertz CT molecular complexity index is 923. The Hall–Kier alpha value is -2.56. The number of halogens is 2. The number of nitrogens with zero attached hydrogens (tertiary/aromatic N) is 1. The molecule has 0 unspecified atom stereocenters. The van der Waals surface area contributed by atoms with Crippen LogP contribution in [0.2, 0.25) is 5.15 Å². The molecule has 2 rings (SSSR count). The standard InChI is InChI=1S/C15H13ClFN3O5S/c16-15-12(5-2-6-18-15)20-13(21)9-25-14(22)8-19-26(23,24)11-4-1-3-10(17)7-11/h1-7,19H,8-9H2,(H,20,21). The van der Waals surface area contributed by atoms with Gasteiger partial charge in [0.2, 0.25) is 10.0 Å². The van der Waals surface area contributed by atoms with E-state index in [9.17, 15) is 22.4 Å². The predicted octanol–water partition coefficient (Wildman–Crippen LogP) is 1.33. The van der Waals surface area contributed by atoms with Crippen molar-refractivity contribution in [3.63, 3.8) is 0 Å². The maximum atomic E-state index is 13.1. The Morgan fingerprint density at radius 2 is 2.00 bits per heavy atom. The monoisotopic (exact) mass is 401 g/mol. The van der Waals surface area contributed by atoms with Crippen LogP contribution in [0.15, 0.2) is 47.5 Å². The van der Waals surface area contributed by atoms with Gasteiger partial charge < -0.3 is 10.1 Å². The van der Waals surface area contributed by atoms with Crippen molar-refractivity contribution in [2.45, 2.75) is 4.90 Å². The smallest absolute Gasteiger partial charge is 0.321 e. The van der Waals surface area contributed by atoms with Gasteiger partial charge in [-0.1, -0.05) is 17.7 Å². The van der Waals surface area contributed by atoms with Crippen LogP contribution in [0.25, 0.3) is 0 Å². The quantitative estimate of drug-likeness (QED) is 0.534. The second-order valence-electron chi connectivity index (χ2n) is 4.83. The van der Waals surface area contributed by atoms with Crippen molar-refractivity contribution in [3.8, 4) is 0 Å². The van der Waals surface area contributed by atoms with Crippen LogP contribution in [0.5, 0.6) is 0 Å². The number of amides is 1. The average Bonchev–Trinajstić information content (AvgIpc) is 2.60. The van der Waals surface area contributed by atoms with Crippen LogP contribution in [0.3, 0.4) is 0 Å². The van der Waals surface area contributed by atoms with Crippen LogP contribution in [0.4, 0.5) is 10.1 Å². The summed E-state index contributed by atoms with van der Waals surface area (Å²) in [5, 5.41) is 2.44. The topological polar surface area (TPSA) is 114 Å². The molecule has 1 aromatic heterocycles. The highest BCUT2D eigenvalue weighted by Crippen LogP contribution is 2.17. The van der Waals surface area contributed by atoms with Crippen LogP contribution in [0, 0.1) is 5.82 Å². The molecule has 138 valence electrons. The zero-order valence-corrected chi connectivity index (χ0v) is 14.7. The van der Waals surface area contributed by atoms with E-state index >= 15 is 0 Å². The number of benzene rings is 1. The third-order valence-electron chi connectivity index (χ3n) is 2.91. The van der Waals surface area contributed by atoms with E-state index in [1.807, 2.05) is 4.72 Å². The first-order valence-electron chi connectivity index (χ1n) is 7.09. The van der Waals surface area contributed by atoms with Gasteiger partial charge in [-0.2, -0.15) is 4.72 Å². The van der Waals surface area contributed by atoms with Crippen molar-refractivity contribution >= 4 is 39.2 Å². The Balaban J connectivity index is 1.82. The Kier molecular flexibility index (Phi) is 6.61. The van der Waals surface area contributed by atoms with E-state index in [0.29, 0.717) is 0 Å². The molecule has 26 heavy (non-hydrogen) atoms. The van der Waals surface area contributed by atoms with Gasteiger partial charge in [0.15, 0.2) is 11.8 Å². The van der Waals surface area contributed by atoms with Crippen LogP contribution in [-0.2, 0) is 24.3 Å². The van der Waals surface area contributed by atoms with Gasteiger partial charge in [0.25, 0.3) is 5.91 Å². The molecule has 1 heterocycles. The van der Waals surface area contributed by atoms with Gasteiger partial charge in [-0.3, -0.25) is 9.59 Å². The second kappa shape index (κ2) is 8.70. The summed E-state index contributed by atoms with van der Waals surface area (Å²) in [5.41, 5.74) is 0.238. The minimum Gasteiger partial charge on any atom is -0.455 e. The fraction of sp³-hybridized carbons (Fsp3) is 0.133. The van der Waals surface area contributed by atoms with Crippen molar-refractivity contribution in [2.24, 2.45) is 0 Å². The van der Waals surface area contributed by atoms with Crippen LogP contribution < -0.4 is 10.0 Å². The zero-order chi connectivity index (χ0) is 19.2. The molecule has 0 aliphatic carbocycles. The number of aromatic nitrogens is 1. The summed E-state index contributed by atoms with van der Waals surface area (Å²) in [7, 11) is -4.09. The zero-order valence-electron chi connectivity index (χ0n) is 13.1. The van der Waals surface area contributed by atoms with Gasteiger partial charge in [0.1, 0.15) is 12.4 Å². The van der Waals surface area contributed by atoms with Crippen molar-refractivity contribution < 1.29 is 27.1 Å². The van der Waals surface area contributed by atoms with Gasteiger partial charge in [-0.15, -0.1) is 0 Å². The first-order chi connectivity index (χ1) is 12.3. The van der Waals surface area contributed by atoms with E-state index in [4.69, 9.17) is 11.6 Å². The van der Waals surface area contributed by atoms with Gasteiger partial charge in [0, 0.05) is 6.20 Å². The Labute approximate surface area is 153 Å². The lowest BCUT2D eigenvalue weighted by Gasteiger charge is -2.08. The summed E-state index contributed by atoms with van der Waals surface area (Å²) in [6, 6.07) is 7.33. The minimum atomic E-state index is -4.09. The fourth-order valence-electron chi connectivity index (χ4n) is 1.73. The number of nitrogens with one attached hydrogen (secondary N) is 2. The Morgan fingerprint density at radius 1 is 1.23 bits per heavy atom. The number of sulfonamides is 1. The summed E-state index contributed by atoms with van der Waals surface area (Å²) in [6.07, 6.45) is 1.43. The largest absolute Gasteiger partial charge is 0.455 e. The highest BCUT2D eigenvalue weighted by Gasteiger charge is 2.17. The van der Waals surface area contributed by atoms with E-state index in [2.05, 4.69) is 15.0 Å². The third kappa shape index (κ3) is 5.76. The summed E-state index contributed by atoms with van der Waals surface area (Å²) in [5.74, 6) is -2.40. The number of pyridine rings is 1. The first-order valence-corrected chi connectivity index (χ1v) is 8.95. The molecular weight excluding hydrogens is 389 g/mol. The van der Waals surface area contributed by atoms with Crippen LogP contribution in [-0.4, -0.2) is 38.4 Å². The molecule has 0 saturated carbocycles. The lowest BCUT2D eigenvalue weighted by Crippen LogP contribution is -2.32. The number of ether oxygens (including phenoxy) is 1. The molecular formula is C15H13ClFN3O5S. The van der Waals surface area contributed by atoms with E-state index in [1.165, 1.54) is 24.4 Å². The third-order valence-corrected chi connectivity index (χ3v) is 4.61. The molecule has 8 nitrogen and oxygen atoms in total. The number of anilines is 1. The van der Waals surface area contributed by atoms with E-state index in [1.54, 1.807) is 6.07 Å². The summed E-state index contributed by atoms with van der Waals surface area (Å²) in [6.45, 7) is -1.37. The molecule has 0 saturated heterocycles. The fourth-order valence-corrected chi connectivity index (χ4v) is 2.90. The van der Waals surface area contributed by atoms with E-state index < -0.39 is 40.9 Å². The molecule has 0 fully saturated rings. The molecule has 1 amide bonds. The van der Waals surface area contributed by atoms with Crippen molar-refractivity contribution in [1.82, 2.24) is 9.71 Å². The minimum absolute atomic E-state index is 0.0648. The van der Waals surface area contributed by atoms with Gasteiger partial charge in [-0.25, -0.2) is 17.8 Å². The molecule has 2 N–H and O–H groups in total. The molecule has 1 aromatic carbocycles. The van der Waals surface area contributed by atoms with Gasteiger partial charge >= 0.3 is 5.97 Å². The molecule has 0 bridgehead atoms. The van der Waals surface area contributed by atoms with Crippen molar-refractivity contribution in [2.75, 3.05) is 18.5 Å². The highest BCUT2D eigenvalue weighted by molar-refractivity contribution is 7.89. The normalized spacial score (nSPS) is 11.0. The second-order valence-corrected chi connectivity index (χ2v) is 6.96. The SMILES string of the molecule is O=C(COC(=O)CNS(=O)(=O)c1cccc(F)c1)Nc1cccnc1Cl. The molecule has 0 aliphatic rings. The Morgan fingerprint density at radius 3 is 2.69 bits per heavy atom. The lowest BCUT2D eigenvalue weighted by molar-refractivity contribution is -0.146. The molecule has 0 aliphatic heterocycles. The molecule has 11 heteroatoms. The molecule has 0 spiro atoms. The van der Waals surface area contributed by atoms with E-state index in [0.717, 1.165) is 12.1 Å². The van der Waals surface area contributed by atoms with Crippen molar-refractivity contribution in [3.05, 3.63) is 53.6 Å². The summed E-state index contributed by atoms with van der Waals surface area (Å²) >= 11 is 5.76. The predicted molar refractivity (Wildman–Crippen MR) is 90.4 cm³/mol. The number of carbonyl (C=O) groups excluding carboxylic acids is 2. The average molecular weight is 402 g/mol. The number of hydrogen-bond donors (Lipinski definition) is 2. The van der Waals surface area contributed by atoms with E-state index in [-0.39, 0.29) is 15.7 Å². The molecule has 2 aromatic rings. The lowest BCUT2D eigenvalue weighted by atomic mass is 10.4. The summed E-state index contributed by atoms with van der Waals surface area (Å²) < 4.78 is 43.5. The number of esters is 1. The van der Waals surface area contributed by atoms with Crippen molar-refractivity contribution in [1.29, 1.82) is 0 Å². The van der Waals surface area contributed by atoms with Gasteiger partial charge in [-0.05, 0) is 30.3 Å². The number of carbonyl (C=O) groups is 2. The maximum absolute atomic E-state index is 13.1.